The summed E-state index contributed by atoms with van der Waals surface area (Å²) in [5.74, 6) is 1.60. The number of aromatic nitrogens is 2. The average Bonchev–Trinajstić information content (AvgIpc) is 3.60. The smallest absolute Gasteiger partial charge is 0.237 e. The Kier molecular flexibility index (Phi) is 6.92. The SMILES string of the molecule is COc1cccc(CN2C[C@H](OCC3CC3)CN(Cc3cn[nH]c3-c3ccccc3)CC2=O)c1. The van der Waals surface area contributed by atoms with E-state index in [1.54, 1.807) is 7.11 Å². The van der Waals surface area contributed by atoms with Crippen molar-refractivity contribution in [1.82, 2.24) is 20.0 Å². The van der Waals surface area contributed by atoms with E-state index >= 15 is 0 Å². The summed E-state index contributed by atoms with van der Waals surface area (Å²) in [4.78, 5) is 17.5. The van der Waals surface area contributed by atoms with Crippen molar-refractivity contribution in [2.24, 2.45) is 5.92 Å². The average molecular weight is 461 g/mol. The zero-order valence-corrected chi connectivity index (χ0v) is 19.7. The Hall–Kier alpha value is -3.16. The number of methoxy groups -OCH3 is 1. The fourth-order valence-corrected chi connectivity index (χ4v) is 4.50. The maximum atomic E-state index is 13.3. The quantitative estimate of drug-likeness (QED) is 0.527. The molecule has 1 amide bonds. The first-order chi connectivity index (χ1) is 16.7. The predicted molar refractivity (Wildman–Crippen MR) is 130 cm³/mol. The third-order valence-corrected chi connectivity index (χ3v) is 6.54. The number of rotatable bonds is 9. The van der Waals surface area contributed by atoms with Gasteiger partial charge in [0.05, 0.1) is 31.6 Å². The maximum Gasteiger partial charge on any atom is 0.237 e. The van der Waals surface area contributed by atoms with Crippen LogP contribution in [0, 0.1) is 5.92 Å². The Morgan fingerprint density at radius 1 is 1.06 bits per heavy atom. The van der Waals surface area contributed by atoms with Gasteiger partial charge in [-0.2, -0.15) is 5.10 Å². The van der Waals surface area contributed by atoms with E-state index in [9.17, 15) is 4.79 Å². The first-order valence-corrected chi connectivity index (χ1v) is 12.0. The van der Waals surface area contributed by atoms with Gasteiger partial charge >= 0.3 is 0 Å². The van der Waals surface area contributed by atoms with Gasteiger partial charge in [-0.15, -0.1) is 0 Å². The molecule has 0 unspecified atom stereocenters. The van der Waals surface area contributed by atoms with E-state index in [-0.39, 0.29) is 12.0 Å². The Labute approximate surface area is 200 Å². The fourth-order valence-electron chi connectivity index (χ4n) is 4.50. The molecule has 2 heterocycles. The molecule has 1 saturated carbocycles. The van der Waals surface area contributed by atoms with Crippen LogP contribution in [0.3, 0.4) is 0 Å². The molecule has 2 aliphatic rings. The van der Waals surface area contributed by atoms with Gasteiger partial charge in [-0.3, -0.25) is 14.8 Å². The lowest BCUT2D eigenvalue weighted by Gasteiger charge is -2.25. The summed E-state index contributed by atoms with van der Waals surface area (Å²) < 4.78 is 11.7. The molecule has 3 aromatic rings. The Morgan fingerprint density at radius 3 is 2.71 bits per heavy atom. The molecular formula is C27H32N4O3. The van der Waals surface area contributed by atoms with Crippen LogP contribution in [-0.2, 0) is 22.6 Å². The van der Waals surface area contributed by atoms with Gasteiger partial charge < -0.3 is 14.4 Å². The number of aromatic amines is 1. The summed E-state index contributed by atoms with van der Waals surface area (Å²) >= 11 is 0. The first-order valence-electron chi connectivity index (χ1n) is 12.0. The Balaban J connectivity index is 1.32. The highest BCUT2D eigenvalue weighted by Gasteiger charge is 2.31. The molecule has 0 bridgehead atoms. The second-order valence-electron chi connectivity index (χ2n) is 9.33. The molecule has 1 aromatic heterocycles. The van der Waals surface area contributed by atoms with Gasteiger partial charge in [0.25, 0.3) is 0 Å². The first kappa shape index (κ1) is 22.6. The standard InChI is InChI=1S/C27H32N4O3/c1-33-24-9-5-6-21(12-24)14-31-17-25(34-19-20-10-11-20)16-30(18-26(31)32)15-23-13-28-29-27(23)22-7-3-2-4-8-22/h2-9,12-13,20,25H,10-11,14-19H2,1H3,(H,28,29)/t25-/m1/s1. The molecule has 1 aliphatic heterocycles. The lowest BCUT2D eigenvalue weighted by molar-refractivity contribution is -0.132. The van der Waals surface area contributed by atoms with E-state index in [1.807, 2.05) is 53.6 Å². The summed E-state index contributed by atoms with van der Waals surface area (Å²) in [5, 5.41) is 7.43. The van der Waals surface area contributed by atoms with Crippen molar-refractivity contribution < 1.29 is 14.3 Å². The van der Waals surface area contributed by atoms with Gasteiger partial charge in [-0.1, -0.05) is 42.5 Å². The Bertz CT molecular complexity index is 1100. The summed E-state index contributed by atoms with van der Waals surface area (Å²) in [5.41, 5.74) is 4.24. The van der Waals surface area contributed by atoms with Crippen molar-refractivity contribution in [3.05, 3.63) is 71.9 Å². The number of carbonyl (C=O) groups is 1. The van der Waals surface area contributed by atoms with Gasteiger partial charge in [-0.25, -0.2) is 0 Å². The molecule has 0 radical (unpaired) electrons. The molecule has 7 heteroatoms. The summed E-state index contributed by atoms with van der Waals surface area (Å²) in [6.45, 7) is 3.63. The normalized spacial score (nSPS) is 19.3. The zero-order chi connectivity index (χ0) is 23.3. The van der Waals surface area contributed by atoms with Crippen molar-refractivity contribution in [2.75, 3.05) is 33.4 Å². The lowest BCUT2D eigenvalue weighted by atomic mass is 10.1. The fraction of sp³-hybridized carbons (Fsp3) is 0.407. The number of nitrogens with zero attached hydrogens (tertiary/aromatic N) is 3. The molecule has 5 rings (SSSR count). The van der Waals surface area contributed by atoms with E-state index in [4.69, 9.17) is 9.47 Å². The van der Waals surface area contributed by atoms with Gasteiger partial charge in [-0.05, 0) is 42.0 Å². The Morgan fingerprint density at radius 2 is 1.91 bits per heavy atom. The molecule has 2 aromatic carbocycles. The zero-order valence-electron chi connectivity index (χ0n) is 19.7. The third-order valence-electron chi connectivity index (χ3n) is 6.54. The van der Waals surface area contributed by atoms with Gasteiger partial charge in [0.2, 0.25) is 5.91 Å². The monoisotopic (exact) mass is 460 g/mol. The second-order valence-corrected chi connectivity index (χ2v) is 9.33. The van der Waals surface area contributed by atoms with Crippen LogP contribution < -0.4 is 4.74 Å². The van der Waals surface area contributed by atoms with Crippen LogP contribution in [0.1, 0.15) is 24.0 Å². The van der Waals surface area contributed by atoms with Crippen molar-refractivity contribution >= 4 is 5.91 Å². The van der Waals surface area contributed by atoms with Crippen molar-refractivity contribution in [1.29, 1.82) is 0 Å². The molecule has 1 aliphatic carbocycles. The number of hydrogen-bond donors (Lipinski definition) is 1. The minimum absolute atomic E-state index is 0.0234. The highest BCUT2D eigenvalue weighted by Crippen LogP contribution is 2.30. The van der Waals surface area contributed by atoms with Crippen molar-refractivity contribution in [3.63, 3.8) is 0 Å². The van der Waals surface area contributed by atoms with Crippen molar-refractivity contribution in [3.8, 4) is 17.0 Å². The third kappa shape index (κ3) is 5.66. The topological polar surface area (TPSA) is 70.7 Å². The van der Waals surface area contributed by atoms with Crippen LogP contribution >= 0.6 is 0 Å². The number of carbonyl (C=O) groups excluding carboxylic acids is 1. The van der Waals surface area contributed by atoms with E-state index in [0.717, 1.165) is 34.7 Å². The van der Waals surface area contributed by atoms with Crippen LogP contribution in [0.4, 0.5) is 0 Å². The number of amides is 1. The molecule has 1 saturated heterocycles. The van der Waals surface area contributed by atoms with Crippen LogP contribution in [0.25, 0.3) is 11.3 Å². The molecule has 0 spiro atoms. The largest absolute Gasteiger partial charge is 0.497 e. The number of benzene rings is 2. The summed E-state index contributed by atoms with van der Waals surface area (Å²) in [7, 11) is 1.66. The minimum atomic E-state index is -0.0234. The highest BCUT2D eigenvalue weighted by atomic mass is 16.5. The van der Waals surface area contributed by atoms with E-state index < -0.39 is 0 Å². The van der Waals surface area contributed by atoms with E-state index in [0.29, 0.717) is 38.6 Å². The van der Waals surface area contributed by atoms with Gasteiger partial charge in [0.1, 0.15) is 5.75 Å². The highest BCUT2D eigenvalue weighted by molar-refractivity contribution is 5.78. The predicted octanol–water partition coefficient (Wildman–Crippen LogP) is 3.72. The second kappa shape index (κ2) is 10.4. The molecular weight excluding hydrogens is 428 g/mol. The number of nitrogens with one attached hydrogen (secondary N) is 1. The van der Waals surface area contributed by atoms with E-state index in [2.05, 4.69) is 27.2 Å². The number of hydrogen-bond acceptors (Lipinski definition) is 5. The van der Waals surface area contributed by atoms with Crippen LogP contribution in [0.5, 0.6) is 5.75 Å². The van der Waals surface area contributed by atoms with Crippen molar-refractivity contribution in [2.45, 2.75) is 32.0 Å². The minimum Gasteiger partial charge on any atom is -0.497 e. The molecule has 34 heavy (non-hydrogen) atoms. The molecule has 1 atom stereocenters. The molecule has 7 nitrogen and oxygen atoms in total. The van der Waals surface area contributed by atoms with Crippen LogP contribution in [0.2, 0.25) is 0 Å². The maximum absolute atomic E-state index is 13.3. The van der Waals surface area contributed by atoms with Crippen LogP contribution in [0.15, 0.2) is 60.8 Å². The van der Waals surface area contributed by atoms with Crippen LogP contribution in [-0.4, -0.2) is 65.4 Å². The number of ether oxygens (including phenoxy) is 2. The van der Waals surface area contributed by atoms with E-state index in [1.165, 1.54) is 12.8 Å². The lowest BCUT2D eigenvalue weighted by Crippen LogP contribution is -2.37. The molecule has 1 N–H and O–H groups in total. The molecule has 2 fully saturated rings. The summed E-state index contributed by atoms with van der Waals surface area (Å²) in [6.07, 6.45) is 4.34. The van der Waals surface area contributed by atoms with Gasteiger partial charge in [0.15, 0.2) is 0 Å². The number of H-pyrrole nitrogens is 1. The summed E-state index contributed by atoms with van der Waals surface area (Å²) in [6, 6.07) is 18.1. The molecule has 178 valence electrons. The van der Waals surface area contributed by atoms with Gasteiger partial charge in [0, 0.05) is 38.3 Å².